The summed E-state index contributed by atoms with van der Waals surface area (Å²) in [7, 11) is 0. The molecule has 0 unspecified atom stereocenters. The molecule has 1 fully saturated rings. The second-order valence-corrected chi connectivity index (χ2v) is 5.39. The maximum absolute atomic E-state index is 13.2. The highest BCUT2D eigenvalue weighted by molar-refractivity contribution is 5.91. The Morgan fingerprint density at radius 3 is 2.82 bits per heavy atom. The molecule has 1 aliphatic heterocycles. The first-order valence-corrected chi connectivity index (χ1v) is 7.23. The first-order chi connectivity index (χ1) is 10.6. The van der Waals surface area contributed by atoms with Crippen LogP contribution in [-0.4, -0.2) is 29.1 Å². The molecule has 0 spiro atoms. The Kier molecular flexibility index (Phi) is 4.04. The minimum absolute atomic E-state index is 0.0554. The van der Waals surface area contributed by atoms with Gasteiger partial charge in [-0.1, -0.05) is 11.2 Å². The van der Waals surface area contributed by atoms with Crippen LogP contribution in [0.2, 0.25) is 0 Å². The van der Waals surface area contributed by atoms with Crippen molar-refractivity contribution >= 4 is 17.5 Å². The Bertz CT molecular complexity index is 665. The number of hydrogen-bond acceptors (Lipinski definition) is 5. The van der Waals surface area contributed by atoms with Crippen LogP contribution in [0, 0.1) is 18.8 Å². The van der Waals surface area contributed by atoms with E-state index < -0.39 is 5.95 Å². The summed E-state index contributed by atoms with van der Waals surface area (Å²) in [6.07, 6.45) is 1.39. The quantitative estimate of drug-likeness (QED) is 0.882. The summed E-state index contributed by atoms with van der Waals surface area (Å²) in [5.74, 6) is 1.09. The normalized spacial score (nSPS) is 15.8. The molecule has 6 nitrogen and oxygen atoms in total. The fourth-order valence-corrected chi connectivity index (χ4v) is 2.60. The van der Waals surface area contributed by atoms with E-state index in [0.29, 0.717) is 43.3 Å². The molecule has 0 aromatic carbocycles. The van der Waals surface area contributed by atoms with E-state index in [1.54, 1.807) is 25.1 Å². The lowest BCUT2D eigenvalue weighted by atomic mass is 9.96. The third-order valence-corrected chi connectivity index (χ3v) is 3.77. The van der Waals surface area contributed by atoms with Crippen LogP contribution in [0.1, 0.15) is 18.6 Å². The fraction of sp³-hybridized carbons (Fsp3) is 0.400. The zero-order valence-corrected chi connectivity index (χ0v) is 12.3. The van der Waals surface area contributed by atoms with Crippen molar-refractivity contribution in [1.29, 1.82) is 0 Å². The average molecular weight is 304 g/mol. The van der Waals surface area contributed by atoms with Gasteiger partial charge in [-0.3, -0.25) is 4.79 Å². The minimum atomic E-state index is -0.487. The Balaban J connectivity index is 1.56. The lowest BCUT2D eigenvalue weighted by Crippen LogP contribution is -2.38. The van der Waals surface area contributed by atoms with Gasteiger partial charge in [0.2, 0.25) is 11.9 Å². The molecule has 2 aromatic rings. The van der Waals surface area contributed by atoms with Crippen LogP contribution < -0.4 is 10.2 Å². The van der Waals surface area contributed by atoms with Gasteiger partial charge in [-0.15, -0.1) is 0 Å². The number of rotatable bonds is 3. The Morgan fingerprint density at radius 1 is 1.41 bits per heavy atom. The molecule has 0 radical (unpaired) electrons. The molecule has 1 N–H and O–H groups in total. The summed E-state index contributed by atoms with van der Waals surface area (Å²) >= 11 is 0. The SMILES string of the molecule is Cc1cc(NC(=O)C2CCN(c3cccc(F)n3)CC2)no1. The summed E-state index contributed by atoms with van der Waals surface area (Å²) in [4.78, 5) is 18.1. The lowest BCUT2D eigenvalue weighted by molar-refractivity contribution is -0.120. The van der Waals surface area contributed by atoms with Crippen molar-refractivity contribution in [3.8, 4) is 0 Å². The highest BCUT2D eigenvalue weighted by Crippen LogP contribution is 2.23. The summed E-state index contributed by atoms with van der Waals surface area (Å²) in [5.41, 5.74) is 0. The van der Waals surface area contributed by atoms with Gasteiger partial charge in [0.25, 0.3) is 0 Å². The minimum Gasteiger partial charge on any atom is -0.360 e. The Morgan fingerprint density at radius 2 is 2.18 bits per heavy atom. The molecule has 0 saturated carbocycles. The van der Waals surface area contributed by atoms with Gasteiger partial charge < -0.3 is 14.7 Å². The van der Waals surface area contributed by atoms with E-state index in [4.69, 9.17) is 4.52 Å². The molecule has 7 heteroatoms. The largest absolute Gasteiger partial charge is 0.360 e. The third-order valence-electron chi connectivity index (χ3n) is 3.77. The molecule has 0 aliphatic carbocycles. The first-order valence-electron chi connectivity index (χ1n) is 7.23. The number of anilines is 2. The van der Waals surface area contributed by atoms with Crippen molar-refractivity contribution in [3.63, 3.8) is 0 Å². The molecular weight excluding hydrogens is 287 g/mol. The first kappa shape index (κ1) is 14.5. The molecule has 3 rings (SSSR count). The average Bonchev–Trinajstić information content (AvgIpc) is 2.92. The molecule has 1 aliphatic rings. The van der Waals surface area contributed by atoms with E-state index in [1.807, 2.05) is 4.90 Å². The van der Waals surface area contributed by atoms with E-state index >= 15 is 0 Å². The predicted molar refractivity (Wildman–Crippen MR) is 79.0 cm³/mol. The maximum Gasteiger partial charge on any atom is 0.228 e. The highest BCUT2D eigenvalue weighted by Gasteiger charge is 2.26. The summed E-state index contributed by atoms with van der Waals surface area (Å²) < 4.78 is 18.1. The molecular formula is C15H17FN4O2. The number of pyridine rings is 1. The molecule has 3 heterocycles. The predicted octanol–water partition coefficient (Wildman–Crippen LogP) is 2.37. The monoisotopic (exact) mass is 304 g/mol. The zero-order chi connectivity index (χ0) is 15.5. The van der Waals surface area contributed by atoms with Crippen molar-refractivity contribution in [3.05, 3.63) is 36.0 Å². The number of amides is 1. The van der Waals surface area contributed by atoms with Gasteiger partial charge in [0.1, 0.15) is 11.6 Å². The number of carbonyl (C=O) groups excluding carboxylic acids is 1. The standard InChI is InChI=1S/C15H17FN4O2/c1-10-9-13(19-22-10)18-15(21)11-5-7-20(8-6-11)14-4-2-3-12(16)17-14/h2-4,9,11H,5-8H2,1H3,(H,18,19,21). The fourth-order valence-electron chi connectivity index (χ4n) is 2.60. The Labute approximate surface area is 127 Å². The van der Waals surface area contributed by atoms with Crippen molar-refractivity contribution < 1.29 is 13.7 Å². The molecule has 0 bridgehead atoms. The van der Waals surface area contributed by atoms with Crippen molar-refractivity contribution in [2.45, 2.75) is 19.8 Å². The van der Waals surface area contributed by atoms with E-state index in [1.165, 1.54) is 6.07 Å². The molecule has 1 amide bonds. The van der Waals surface area contributed by atoms with Gasteiger partial charge in [0.05, 0.1) is 0 Å². The van der Waals surface area contributed by atoms with Crippen LogP contribution in [-0.2, 0) is 4.79 Å². The second kappa shape index (κ2) is 6.13. The van der Waals surface area contributed by atoms with Crippen molar-refractivity contribution in [2.75, 3.05) is 23.3 Å². The number of aromatic nitrogens is 2. The van der Waals surface area contributed by atoms with Gasteiger partial charge in [-0.2, -0.15) is 4.39 Å². The van der Waals surface area contributed by atoms with Crippen LogP contribution >= 0.6 is 0 Å². The molecule has 1 saturated heterocycles. The summed E-state index contributed by atoms with van der Waals surface area (Å²) in [5, 5.41) is 6.51. The van der Waals surface area contributed by atoms with Gasteiger partial charge in [0, 0.05) is 25.1 Å². The van der Waals surface area contributed by atoms with Gasteiger partial charge in [0.15, 0.2) is 5.82 Å². The Hall–Kier alpha value is -2.44. The number of halogens is 1. The molecule has 116 valence electrons. The number of hydrogen-bond donors (Lipinski definition) is 1. The summed E-state index contributed by atoms with van der Waals surface area (Å²) in [6, 6.07) is 6.43. The third kappa shape index (κ3) is 3.24. The molecule has 2 aromatic heterocycles. The van der Waals surface area contributed by atoms with Gasteiger partial charge in [-0.25, -0.2) is 4.98 Å². The van der Waals surface area contributed by atoms with Crippen LogP contribution in [0.25, 0.3) is 0 Å². The van der Waals surface area contributed by atoms with Crippen LogP contribution in [0.5, 0.6) is 0 Å². The molecule has 0 atom stereocenters. The lowest BCUT2D eigenvalue weighted by Gasteiger charge is -2.31. The van der Waals surface area contributed by atoms with Gasteiger partial charge in [-0.05, 0) is 31.9 Å². The van der Waals surface area contributed by atoms with Crippen LogP contribution in [0.4, 0.5) is 16.0 Å². The molecule has 22 heavy (non-hydrogen) atoms. The topological polar surface area (TPSA) is 71.3 Å². The number of nitrogens with zero attached hydrogens (tertiary/aromatic N) is 3. The summed E-state index contributed by atoms with van der Waals surface area (Å²) in [6.45, 7) is 3.12. The smallest absolute Gasteiger partial charge is 0.228 e. The van der Waals surface area contributed by atoms with Crippen molar-refractivity contribution in [1.82, 2.24) is 10.1 Å². The van der Waals surface area contributed by atoms with E-state index in [0.717, 1.165) is 0 Å². The van der Waals surface area contributed by atoms with E-state index in [9.17, 15) is 9.18 Å². The number of nitrogens with one attached hydrogen (secondary N) is 1. The zero-order valence-electron chi connectivity index (χ0n) is 12.3. The number of aryl methyl sites for hydroxylation is 1. The maximum atomic E-state index is 13.2. The second-order valence-electron chi connectivity index (χ2n) is 5.39. The van der Waals surface area contributed by atoms with E-state index in [-0.39, 0.29) is 11.8 Å². The van der Waals surface area contributed by atoms with Crippen molar-refractivity contribution in [2.24, 2.45) is 5.92 Å². The van der Waals surface area contributed by atoms with Crippen LogP contribution in [0.15, 0.2) is 28.8 Å². The van der Waals surface area contributed by atoms with Gasteiger partial charge >= 0.3 is 0 Å². The number of piperidine rings is 1. The van der Waals surface area contributed by atoms with Crippen LogP contribution in [0.3, 0.4) is 0 Å². The van der Waals surface area contributed by atoms with E-state index in [2.05, 4.69) is 15.5 Å². The highest BCUT2D eigenvalue weighted by atomic mass is 19.1. The number of carbonyl (C=O) groups is 1.